The van der Waals surface area contributed by atoms with E-state index in [9.17, 15) is 10.2 Å². The first-order valence-electron chi connectivity index (χ1n) is 17.5. The van der Waals surface area contributed by atoms with E-state index in [1.165, 1.54) is 0 Å². The van der Waals surface area contributed by atoms with Crippen LogP contribution in [0.25, 0.3) is 27.9 Å². The minimum absolute atomic E-state index is 0.0193. The molecule has 5 heterocycles. The van der Waals surface area contributed by atoms with Crippen molar-refractivity contribution < 1.29 is 33.6 Å². The Morgan fingerprint density at radius 1 is 0.625 bits per heavy atom. The number of oxazole rings is 1. The second-order valence-corrected chi connectivity index (χ2v) is 14.0. The summed E-state index contributed by atoms with van der Waals surface area (Å²) in [6.45, 7) is 7.34. The van der Waals surface area contributed by atoms with Crippen molar-refractivity contribution in [2.75, 3.05) is 38.2 Å². The molecule has 6 aromatic rings. The highest BCUT2D eigenvalue weighted by Crippen LogP contribution is 2.45. The highest BCUT2D eigenvalue weighted by molar-refractivity contribution is 6.32. The van der Waals surface area contributed by atoms with Crippen LogP contribution in [0.2, 0.25) is 0 Å². The molecule has 0 spiro atoms. The van der Waals surface area contributed by atoms with Crippen molar-refractivity contribution in [2.24, 2.45) is 0 Å². The van der Waals surface area contributed by atoms with Gasteiger partial charge in [0.05, 0.1) is 50.9 Å². The third kappa shape index (κ3) is 6.16. The minimum atomic E-state index is -0.884. The zero-order valence-corrected chi connectivity index (χ0v) is 32.2. The molecule has 0 saturated heterocycles. The molecule has 0 atom stereocenters. The molecular weight excluding hydrogens is 716 g/mol. The largest absolute Gasteiger partial charge is 0.509 e. The number of aliphatic hydroxyl groups excluding tert-OH is 2. The fourth-order valence-corrected chi connectivity index (χ4v) is 6.91. The number of fused-ring (bicyclic) bond motifs is 2. The van der Waals surface area contributed by atoms with Gasteiger partial charge in [-0.05, 0) is 52.0 Å². The summed E-state index contributed by atoms with van der Waals surface area (Å²) in [5.41, 5.74) is 2.05. The maximum Gasteiger partial charge on any atom is 0.234 e. The average molecular weight is 759 g/mol. The van der Waals surface area contributed by atoms with Gasteiger partial charge in [0.2, 0.25) is 5.89 Å². The molecule has 0 unspecified atom stereocenters. The fraction of sp³-hybridized carbons (Fsp3) is 0.244. The molecule has 8 rings (SSSR count). The molecule has 15 nitrogen and oxygen atoms in total. The van der Waals surface area contributed by atoms with Crippen LogP contribution in [-0.4, -0.2) is 81.0 Å². The Labute approximate surface area is 322 Å². The second-order valence-electron chi connectivity index (χ2n) is 14.0. The molecule has 15 heteroatoms. The van der Waals surface area contributed by atoms with Gasteiger partial charge < -0.3 is 43.4 Å². The molecule has 0 radical (unpaired) electrons. The summed E-state index contributed by atoms with van der Waals surface area (Å²) in [6, 6.07) is 23.6. The van der Waals surface area contributed by atoms with E-state index in [2.05, 4.69) is 15.1 Å². The number of nitrogens with one attached hydrogen (secondary N) is 2. The molecule has 56 heavy (non-hydrogen) atoms. The van der Waals surface area contributed by atoms with Gasteiger partial charge in [-0.25, -0.2) is 14.5 Å². The number of methoxy groups -OCH3 is 4. The quantitative estimate of drug-likeness (QED) is 0.119. The number of nitrogens with zero attached hydrogens (tertiary/aromatic N) is 6. The van der Waals surface area contributed by atoms with Gasteiger partial charge in [0.15, 0.2) is 17.1 Å². The fourth-order valence-electron chi connectivity index (χ4n) is 6.91. The summed E-state index contributed by atoms with van der Waals surface area (Å²) in [5.74, 6) is 3.14. The number of aromatic nitrogens is 4. The van der Waals surface area contributed by atoms with Gasteiger partial charge in [0.1, 0.15) is 62.9 Å². The summed E-state index contributed by atoms with van der Waals surface area (Å²) >= 11 is 0. The third-order valence-electron chi connectivity index (χ3n) is 9.83. The SMILES string of the molecule is COc1cc(OC)cc(N2C(=N)C(c3nc4ccccc4o3)=C(O)C2(C)C)c1.COc1cc(OC)cc(N2C(=N)C(c3nc4ccccn4n3)=C(O)C2(C)C)c1. The molecule has 4 N–H and O–H groups in total. The number of rotatable bonds is 8. The van der Waals surface area contributed by atoms with Crippen LogP contribution in [0.3, 0.4) is 0 Å². The molecule has 3 aromatic heterocycles. The second kappa shape index (κ2) is 14.0. The number of hydrogen-bond acceptors (Lipinski definition) is 12. The van der Waals surface area contributed by atoms with Crippen molar-refractivity contribution in [3.8, 4) is 23.0 Å². The van der Waals surface area contributed by atoms with E-state index in [4.69, 9.17) is 34.2 Å². The molecule has 0 saturated carbocycles. The molecule has 3 aromatic carbocycles. The highest BCUT2D eigenvalue weighted by atomic mass is 16.5. The molecule has 2 aliphatic rings. The van der Waals surface area contributed by atoms with Gasteiger partial charge in [-0.15, -0.1) is 5.10 Å². The van der Waals surface area contributed by atoms with Crippen LogP contribution < -0.4 is 28.7 Å². The Kier molecular flexibility index (Phi) is 9.32. The maximum atomic E-state index is 11.0. The summed E-state index contributed by atoms with van der Waals surface area (Å²) < 4.78 is 28.9. The van der Waals surface area contributed by atoms with E-state index in [1.54, 1.807) is 91.4 Å². The number of amidine groups is 2. The number of para-hydroxylation sites is 2. The van der Waals surface area contributed by atoms with Crippen LogP contribution in [-0.2, 0) is 0 Å². The lowest BCUT2D eigenvalue weighted by Gasteiger charge is -2.33. The number of pyridine rings is 1. The molecule has 288 valence electrons. The summed E-state index contributed by atoms with van der Waals surface area (Å²) in [7, 11) is 6.28. The highest BCUT2D eigenvalue weighted by Gasteiger charge is 2.48. The van der Waals surface area contributed by atoms with E-state index >= 15 is 0 Å². The predicted molar refractivity (Wildman–Crippen MR) is 214 cm³/mol. The lowest BCUT2D eigenvalue weighted by Crippen LogP contribution is -2.43. The first-order valence-corrected chi connectivity index (χ1v) is 17.5. The monoisotopic (exact) mass is 758 g/mol. The lowest BCUT2D eigenvalue weighted by molar-refractivity contribution is 0.332. The van der Waals surface area contributed by atoms with Crippen LogP contribution in [0, 0.1) is 10.8 Å². The number of benzene rings is 3. The average Bonchev–Trinajstić information content (AvgIpc) is 3.89. The Bertz CT molecular complexity index is 2300. The summed E-state index contributed by atoms with van der Waals surface area (Å²) in [5, 5.41) is 44.0. The van der Waals surface area contributed by atoms with E-state index in [0.717, 1.165) is 0 Å². The van der Waals surface area contributed by atoms with Crippen molar-refractivity contribution >= 4 is 50.9 Å². The predicted octanol–water partition coefficient (Wildman–Crippen LogP) is 7.68. The molecule has 0 aliphatic carbocycles. The van der Waals surface area contributed by atoms with Crippen molar-refractivity contribution in [2.45, 2.75) is 38.8 Å². The molecule has 2 aliphatic heterocycles. The van der Waals surface area contributed by atoms with Gasteiger partial charge in [-0.2, -0.15) is 0 Å². The van der Waals surface area contributed by atoms with Gasteiger partial charge >= 0.3 is 0 Å². The molecule has 0 amide bonds. The van der Waals surface area contributed by atoms with Gasteiger partial charge in [-0.3, -0.25) is 10.8 Å². The van der Waals surface area contributed by atoms with Crippen molar-refractivity contribution in [1.29, 1.82) is 10.8 Å². The number of hydrogen-bond donors (Lipinski definition) is 4. The zero-order valence-electron chi connectivity index (χ0n) is 32.2. The smallest absolute Gasteiger partial charge is 0.234 e. The molecule has 0 bridgehead atoms. The van der Waals surface area contributed by atoms with Crippen molar-refractivity contribution in [3.63, 3.8) is 0 Å². The number of ether oxygens (including phenoxy) is 4. The van der Waals surface area contributed by atoms with Crippen LogP contribution >= 0.6 is 0 Å². The topological polar surface area (TPSA) is 188 Å². The maximum absolute atomic E-state index is 11.0. The van der Waals surface area contributed by atoms with Crippen LogP contribution in [0.5, 0.6) is 23.0 Å². The van der Waals surface area contributed by atoms with Crippen molar-refractivity contribution in [1.82, 2.24) is 19.6 Å². The van der Waals surface area contributed by atoms with E-state index < -0.39 is 11.1 Å². The standard InChI is InChI=1S/C21H21N3O4.C20H21N5O3/c1-21(2)18(25)17(20-23-15-7-5-6-8-16(15)28-20)19(22)24(21)12-9-13(26-3)11-14(10-12)27-4;1-20(2)17(26)16(19-22-15-7-5-6-8-24(15)23-19)18(21)25(20)12-9-13(27-3)11-14(10-12)28-4/h5-11,22,25H,1-4H3;5-11,21,26H,1-4H3. The van der Waals surface area contributed by atoms with E-state index in [1.807, 2.05) is 64.1 Å². The van der Waals surface area contributed by atoms with Crippen LogP contribution in [0.15, 0.2) is 101 Å². The first-order chi connectivity index (χ1) is 26.7. The van der Waals surface area contributed by atoms with Crippen LogP contribution in [0.1, 0.15) is 39.4 Å². The Morgan fingerprint density at radius 2 is 1.11 bits per heavy atom. The molecular formula is C41H42N8O7. The zero-order chi connectivity index (χ0) is 40.1. The van der Waals surface area contributed by atoms with Crippen molar-refractivity contribution in [3.05, 3.63) is 108 Å². The van der Waals surface area contributed by atoms with Gasteiger partial charge in [0, 0.05) is 42.6 Å². The van der Waals surface area contributed by atoms with E-state index in [0.29, 0.717) is 62.5 Å². The van der Waals surface area contributed by atoms with Gasteiger partial charge in [0.25, 0.3) is 0 Å². The third-order valence-corrected chi connectivity index (χ3v) is 9.83. The summed E-state index contributed by atoms with van der Waals surface area (Å²) in [4.78, 5) is 12.4. The Hall–Kier alpha value is -7.03. The van der Waals surface area contributed by atoms with E-state index in [-0.39, 0.29) is 34.7 Å². The number of aliphatic hydroxyl groups is 2. The van der Waals surface area contributed by atoms with Crippen LogP contribution in [0.4, 0.5) is 11.4 Å². The molecule has 0 fully saturated rings. The first kappa shape index (κ1) is 37.3. The lowest BCUT2D eigenvalue weighted by atomic mass is 10.0. The number of anilines is 2. The Balaban J connectivity index is 0.000000172. The normalized spacial score (nSPS) is 16.1. The minimum Gasteiger partial charge on any atom is -0.509 e. The Morgan fingerprint density at radius 3 is 1.61 bits per heavy atom. The van der Waals surface area contributed by atoms with Gasteiger partial charge in [-0.1, -0.05) is 18.2 Å². The summed E-state index contributed by atoms with van der Waals surface area (Å²) in [6.07, 6.45) is 1.78.